The number of imidazole rings is 1. The van der Waals surface area contributed by atoms with Gasteiger partial charge >= 0.3 is 0 Å². The molecular formula is C10H16N6O8. The molecule has 0 bridgehead atoms. The SMILES string of the molecule is CCON=O.O=[N+]([O-])O.O=[N+]([O-])O.c1c[nH]cn1.c1ccncc1. The predicted octanol–water partition coefficient (Wildman–Crippen LogP) is 1.50. The lowest BCUT2D eigenvalue weighted by atomic mass is 10.5. The molecule has 2 rings (SSSR count). The summed E-state index contributed by atoms with van der Waals surface area (Å²) in [6.45, 7) is 2.06. The molecule has 24 heavy (non-hydrogen) atoms. The van der Waals surface area contributed by atoms with Crippen molar-refractivity contribution in [2.24, 2.45) is 5.34 Å². The van der Waals surface area contributed by atoms with Gasteiger partial charge in [-0.2, -0.15) is 0 Å². The molecule has 2 aromatic heterocycles. The van der Waals surface area contributed by atoms with Crippen molar-refractivity contribution in [1.82, 2.24) is 15.0 Å². The zero-order chi connectivity index (χ0) is 19.1. The van der Waals surface area contributed by atoms with Gasteiger partial charge in [0, 0.05) is 24.8 Å². The maximum absolute atomic E-state index is 8.93. The van der Waals surface area contributed by atoms with Gasteiger partial charge in [0.15, 0.2) is 5.34 Å². The number of pyridine rings is 1. The molecule has 14 heteroatoms. The molecule has 3 N–H and O–H groups in total. The van der Waals surface area contributed by atoms with Gasteiger partial charge in [0.25, 0.3) is 10.2 Å². The largest absolute Gasteiger partial charge is 0.364 e. The van der Waals surface area contributed by atoms with Crippen LogP contribution in [0.1, 0.15) is 6.92 Å². The van der Waals surface area contributed by atoms with E-state index in [1.54, 1.807) is 38.0 Å². The number of H-pyrrole nitrogens is 1. The van der Waals surface area contributed by atoms with Crippen LogP contribution in [-0.2, 0) is 4.84 Å². The summed E-state index contributed by atoms with van der Waals surface area (Å²) >= 11 is 0. The van der Waals surface area contributed by atoms with Gasteiger partial charge in [0.2, 0.25) is 0 Å². The number of nitrogens with one attached hydrogen (secondary N) is 1. The minimum Gasteiger partial charge on any atom is -0.364 e. The van der Waals surface area contributed by atoms with Crippen LogP contribution in [-0.4, -0.2) is 42.1 Å². The van der Waals surface area contributed by atoms with Crippen LogP contribution in [0.15, 0.2) is 54.7 Å². The molecule has 0 aliphatic carbocycles. The second-order valence-corrected chi connectivity index (χ2v) is 2.75. The number of hydrogen-bond donors (Lipinski definition) is 3. The van der Waals surface area contributed by atoms with E-state index in [9.17, 15) is 0 Å². The Morgan fingerprint density at radius 1 is 1.08 bits per heavy atom. The van der Waals surface area contributed by atoms with E-state index in [2.05, 4.69) is 25.1 Å². The van der Waals surface area contributed by atoms with E-state index in [0.717, 1.165) is 0 Å². The molecule has 0 aromatic carbocycles. The molecule has 0 atom stereocenters. The Morgan fingerprint density at radius 2 is 1.58 bits per heavy atom. The first-order valence-electron chi connectivity index (χ1n) is 5.77. The van der Waals surface area contributed by atoms with E-state index in [4.69, 9.17) is 35.6 Å². The topological polar surface area (TPSA) is 207 Å². The van der Waals surface area contributed by atoms with Crippen LogP contribution in [0.3, 0.4) is 0 Å². The molecule has 0 amide bonds. The van der Waals surface area contributed by atoms with Crippen LogP contribution in [0.5, 0.6) is 0 Å². The zero-order valence-corrected chi connectivity index (χ0v) is 12.4. The highest BCUT2D eigenvalue weighted by molar-refractivity contribution is 4.88. The van der Waals surface area contributed by atoms with Crippen LogP contribution in [0.25, 0.3) is 0 Å². The number of hydrogen-bond acceptors (Lipinski definition) is 9. The molecule has 0 aliphatic rings. The van der Waals surface area contributed by atoms with Gasteiger partial charge in [-0.05, 0) is 19.1 Å². The standard InChI is InChI=1S/C5H5N.C3H4N2.C2H5NO2.2HNO3/c1-2-4-6-5-3-1;1-2-5-3-4-1;1-2-5-3-4;2*2-1(3)4/h1-5H;1-3H,(H,4,5);2H2,1H3;2*(H,2,3,4). The second kappa shape index (κ2) is 24.2. The van der Waals surface area contributed by atoms with Gasteiger partial charge in [0.1, 0.15) is 6.61 Å². The summed E-state index contributed by atoms with van der Waals surface area (Å²) in [6.07, 6.45) is 8.58. The minimum absolute atomic E-state index is 0.365. The summed E-state index contributed by atoms with van der Waals surface area (Å²) < 4.78 is 0. The first-order chi connectivity index (χ1) is 11.4. The van der Waals surface area contributed by atoms with Crippen molar-refractivity contribution < 1.29 is 25.4 Å². The lowest BCUT2D eigenvalue weighted by molar-refractivity contribution is -0.742. The summed E-state index contributed by atoms with van der Waals surface area (Å²) in [6, 6.07) is 5.72. The smallest absolute Gasteiger partial charge is 0.291 e. The van der Waals surface area contributed by atoms with E-state index >= 15 is 0 Å². The molecule has 0 saturated carbocycles. The Bertz CT molecular complexity index is 419. The highest BCUT2D eigenvalue weighted by Crippen LogP contribution is 1.73. The van der Waals surface area contributed by atoms with Crippen LogP contribution in [0.2, 0.25) is 0 Å². The molecule has 0 aliphatic heterocycles. The highest BCUT2D eigenvalue weighted by Gasteiger charge is 1.66. The fourth-order valence-electron chi connectivity index (χ4n) is 0.580. The fourth-order valence-corrected chi connectivity index (χ4v) is 0.580. The number of rotatable bonds is 2. The maximum atomic E-state index is 8.93. The van der Waals surface area contributed by atoms with E-state index in [-0.39, 0.29) is 0 Å². The normalized spacial score (nSPS) is 7.04. The number of nitrogens with zero attached hydrogens (tertiary/aromatic N) is 5. The molecular weight excluding hydrogens is 332 g/mol. The van der Waals surface area contributed by atoms with Crippen LogP contribution < -0.4 is 0 Å². The quantitative estimate of drug-likeness (QED) is 0.404. The summed E-state index contributed by atoms with van der Waals surface area (Å²) in [7, 11) is 0. The number of aromatic amines is 1. The molecule has 134 valence electrons. The molecule has 2 heterocycles. The lowest BCUT2D eigenvalue weighted by Gasteiger charge is -1.76. The Hall–Kier alpha value is -3.84. The molecule has 0 radical (unpaired) electrons. The molecule has 0 spiro atoms. The van der Waals surface area contributed by atoms with E-state index in [1.807, 2.05) is 18.2 Å². The molecule has 0 fully saturated rings. The van der Waals surface area contributed by atoms with Crippen molar-refractivity contribution in [3.63, 3.8) is 0 Å². The molecule has 0 unspecified atom stereocenters. The van der Waals surface area contributed by atoms with Crippen molar-refractivity contribution in [3.05, 3.63) is 74.4 Å². The zero-order valence-electron chi connectivity index (χ0n) is 12.4. The minimum atomic E-state index is -1.50. The summed E-state index contributed by atoms with van der Waals surface area (Å²) in [5, 5.41) is 29.4. The van der Waals surface area contributed by atoms with Crippen molar-refractivity contribution in [1.29, 1.82) is 0 Å². The van der Waals surface area contributed by atoms with Gasteiger partial charge in [-0.1, -0.05) is 6.07 Å². The summed E-state index contributed by atoms with van der Waals surface area (Å²) in [5.74, 6) is 0. The van der Waals surface area contributed by atoms with Crippen molar-refractivity contribution in [2.75, 3.05) is 6.61 Å². The Kier molecular flexibility index (Phi) is 25.3. The predicted molar refractivity (Wildman–Crippen MR) is 77.8 cm³/mol. The van der Waals surface area contributed by atoms with E-state index in [0.29, 0.717) is 6.61 Å². The Balaban J connectivity index is -0.000000232. The van der Waals surface area contributed by atoms with Crippen molar-refractivity contribution in [2.45, 2.75) is 6.92 Å². The van der Waals surface area contributed by atoms with E-state index < -0.39 is 10.2 Å². The van der Waals surface area contributed by atoms with Crippen LogP contribution >= 0.6 is 0 Å². The first kappa shape index (κ1) is 25.1. The third kappa shape index (κ3) is 63.7. The molecule has 0 saturated heterocycles. The Morgan fingerprint density at radius 3 is 1.67 bits per heavy atom. The fraction of sp³-hybridized carbons (Fsp3) is 0.200. The van der Waals surface area contributed by atoms with Crippen LogP contribution in [0, 0.1) is 25.1 Å². The molecule has 2 aromatic rings. The van der Waals surface area contributed by atoms with Gasteiger partial charge in [-0.25, -0.2) is 4.98 Å². The highest BCUT2D eigenvalue weighted by atomic mass is 16.9. The van der Waals surface area contributed by atoms with Crippen molar-refractivity contribution in [3.8, 4) is 0 Å². The second-order valence-electron chi connectivity index (χ2n) is 2.75. The van der Waals surface area contributed by atoms with Gasteiger partial charge in [-0.3, -0.25) is 4.98 Å². The average molecular weight is 348 g/mol. The third-order valence-corrected chi connectivity index (χ3v) is 1.15. The maximum Gasteiger partial charge on any atom is 0.291 e. The third-order valence-electron chi connectivity index (χ3n) is 1.15. The lowest BCUT2D eigenvalue weighted by Crippen LogP contribution is -1.81. The monoisotopic (exact) mass is 348 g/mol. The van der Waals surface area contributed by atoms with Gasteiger partial charge < -0.3 is 20.2 Å². The first-order valence-corrected chi connectivity index (χ1v) is 5.77. The number of aromatic nitrogens is 3. The van der Waals surface area contributed by atoms with E-state index in [1.165, 1.54) is 0 Å². The summed E-state index contributed by atoms with van der Waals surface area (Å²) in [4.78, 5) is 39.8. The Labute approximate surface area is 134 Å². The van der Waals surface area contributed by atoms with Gasteiger partial charge in [-0.15, -0.1) is 25.1 Å². The van der Waals surface area contributed by atoms with Crippen LogP contribution in [0.4, 0.5) is 0 Å². The summed E-state index contributed by atoms with van der Waals surface area (Å²) in [5.41, 5.74) is 0. The average Bonchev–Trinajstić information content (AvgIpc) is 3.09. The van der Waals surface area contributed by atoms with Crippen molar-refractivity contribution >= 4 is 0 Å². The molecule has 14 nitrogen and oxygen atoms in total. The van der Waals surface area contributed by atoms with Gasteiger partial charge in [0.05, 0.1) is 6.33 Å².